The second-order valence-corrected chi connectivity index (χ2v) is 4.02. The number of nitrogens with zero attached hydrogens (tertiary/aromatic N) is 1. The minimum absolute atomic E-state index is 0.165. The van der Waals surface area contributed by atoms with Crippen LogP contribution in [0.25, 0.3) is 0 Å². The van der Waals surface area contributed by atoms with Crippen molar-refractivity contribution in [3.05, 3.63) is 0 Å². The highest BCUT2D eigenvalue weighted by atomic mass is 16.2. The summed E-state index contributed by atoms with van der Waals surface area (Å²) in [5.74, 6) is 0. The van der Waals surface area contributed by atoms with E-state index in [0.29, 0.717) is 0 Å². The van der Waals surface area contributed by atoms with Crippen molar-refractivity contribution in [1.29, 1.82) is 0 Å². The molecule has 0 spiro atoms. The Kier molecular flexibility index (Phi) is 5.80. The average Bonchev–Trinajstić information content (AvgIpc) is 2.25. The predicted octanol–water partition coefficient (Wildman–Crippen LogP) is 1.20. The first-order valence-corrected chi connectivity index (χ1v) is 5.68. The second-order valence-electron chi connectivity index (χ2n) is 4.02. The number of hydrogen-bond acceptors (Lipinski definition) is 3. The van der Waals surface area contributed by atoms with Gasteiger partial charge in [0.15, 0.2) is 0 Å². The number of unbranched alkanes of at least 4 members (excludes halogenated alkanes) is 2. The highest BCUT2D eigenvalue weighted by Crippen LogP contribution is 2.15. The lowest BCUT2D eigenvalue weighted by molar-refractivity contribution is -0.113. The van der Waals surface area contributed by atoms with E-state index in [1.54, 1.807) is 0 Å². The number of rotatable bonds is 6. The fraction of sp³-hybridized carbons (Fsp3) is 0.909. The maximum atomic E-state index is 10.8. The Morgan fingerprint density at radius 1 is 1.29 bits per heavy atom. The van der Waals surface area contributed by atoms with Crippen molar-refractivity contribution in [3.63, 3.8) is 0 Å². The summed E-state index contributed by atoms with van der Waals surface area (Å²) < 4.78 is 0. The number of likely N-dealkylation sites (tertiary alicyclic amines) is 1. The Labute approximate surface area is 86.1 Å². The molecule has 1 N–H and O–H groups in total. The Bertz CT molecular complexity index is 161. The van der Waals surface area contributed by atoms with Gasteiger partial charge in [-0.3, -0.25) is 4.90 Å². The highest BCUT2D eigenvalue weighted by Gasteiger charge is 2.20. The van der Waals surface area contributed by atoms with Crippen LogP contribution in [0.1, 0.15) is 38.5 Å². The van der Waals surface area contributed by atoms with Gasteiger partial charge in [-0.25, -0.2) is 0 Å². The van der Waals surface area contributed by atoms with Crippen molar-refractivity contribution < 1.29 is 9.90 Å². The molecule has 14 heavy (non-hydrogen) atoms. The SMILES string of the molecule is O=CC1CCCCN1CCCCCO. The van der Waals surface area contributed by atoms with Crippen molar-refractivity contribution in [2.45, 2.75) is 44.6 Å². The Balaban J connectivity index is 2.16. The van der Waals surface area contributed by atoms with E-state index in [-0.39, 0.29) is 12.6 Å². The van der Waals surface area contributed by atoms with Crippen molar-refractivity contribution in [2.24, 2.45) is 0 Å². The van der Waals surface area contributed by atoms with Gasteiger partial charge >= 0.3 is 0 Å². The predicted molar refractivity (Wildman–Crippen MR) is 56.2 cm³/mol. The molecule has 0 aromatic carbocycles. The fourth-order valence-electron chi connectivity index (χ4n) is 2.05. The van der Waals surface area contributed by atoms with E-state index < -0.39 is 0 Å². The first kappa shape index (κ1) is 11.7. The number of carbonyl (C=O) groups excluding carboxylic acids is 1. The van der Waals surface area contributed by atoms with Crippen LogP contribution in [-0.2, 0) is 4.79 Å². The molecule has 0 aromatic heterocycles. The largest absolute Gasteiger partial charge is 0.396 e. The van der Waals surface area contributed by atoms with Gasteiger partial charge in [0.2, 0.25) is 0 Å². The normalized spacial score (nSPS) is 23.6. The maximum Gasteiger partial charge on any atom is 0.137 e. The van der Waals surface area contributed by atoms with Crippen LogP contribution in [0.5, 0.6) is 0 Å². The number of aliphatic hydroxyl groups excluding tert-OH is 1. The summed E-state index contributed by atoms with van der Waals surface area (Å²) in [5.41, 5.74) is 0. The van der Waals surface area contributed by atoms with Crippen LogP contribution >= 0.6 is 0 Å². The van der Waals surface area contributed by atoms with Gasteiger partial charge in [-0.1, -0.05) is 6.42 Å². The molecule has 82 valence electrons. The van der Waals surface area contributed by atoms with E-state index >= 15 is 0 Å². The van der Waals surface area contributed by atoms with Gasteiger partial charge in [0.1, 0.15) is 6.29 Å². The molecule has 1 atom stereocenters. The van der Waals surface area contributed by atoms with Crippen molar-refractivity contribution >= 4 is 6.29 Å². The minimum atomic E-state index is 0.165. The molecule has 1 heterocycles. The molecule has 0 radical (unpaired) electrons. The Hall–Kier alpha value is -0.410. The lowest BCUT2D eigenvalue weighted by Crippen LogP contribution is -2.40. The van der Waals surface area contributed by atoms with Crippen LogP contribution in [0.2, 0.25) is 0 Å². The number of aliphatic hydroxyl groups is 1. The average molecular weight is 199 g/mol. The van der Waals surface area contributed by atoms with Crippen LogP contribution in [-0.4, -0.2) is 42.0 Å². The summed E-state index contributed by atoms with van der Waals surface area (Å²) in [6.07, 6.45) is 7.60. The van der Waals surface area contributed by atoms with Gasteiger partial charge in [0.05, 0.1) is 6.04 Å². The minimum Gasteiger partial charge on any atom is -0.396 e. The maximum absolute atomic E-state index is 10.8. The van der Waals surface area contributed by atoms with Gasteiger partial charge in [0.25, 0.3) is 0 Å². The topological polar surface area (TPSA) is 40.5 Å². The molecule has 0 bridgehead atoms. The van der Waals surface area contributed by atoms with Crippen molar-refractivity contribution in [2.75, 3.05) is 19.7 Å². The highest BCUT2D eigenvalue weighted by molar-refractivity contribution is 5.57. The molecule has 0 aromatic rings. The van der Waals surface area contributed by atoms with E-state index in [9.17, 15) is 4.79 Å². The number of hydrogen-bond donors (Lipinski definition) is 1. The smallest absolute Gasteiger partial charge is 0.137 e. The molecule has 1 rings (SSSR count). The first-order valence-electron chi connectivity index (χ1n) is 5.68. The number of piperidine rings is 1. The molecular weight excluding hydrogens is 178 g/mol. The molecule has 3 heteroatoms. The molecule has 3 nitrogen and oxygen atoms in total. The van der Waals surface area contributed by atoms with Gasteiger partial charge < -0.3 is 9.90 Å². The van der Waals surface area contributed by atoms with Crippen molar-refractivity contribution in [1.82, 2.24) is 4.90 Å². The molecule has 1 saturated heterocycles. The second kappa shape index (κ2) is 6.96. The monoisotopic (exact) mass is 199 g/mol. The summed E-state index contributed by atoms with van der Waals surface area (Å²) in [6, 6.07) is 0.165. The third kappa shape index (κ3) is 3.76. The summed E-state index contributed by atoms with van der Waals surface area (Å²) in [4.78, 5) is 13.1. The van der Waals surface area contributed by atoms with E-state index in [2.05, 4.69) is 4.90 Å². The molecule has 0 amide bonds. The summed E-state index contributed by atoms with van der Waals surface area (Å²) in [5, 5.41) is 8.63. The van der Waals surface area contributed by atoms with E-state index in [4.69, 9.17) is 5.11 Å². The molecular formula is C11H21NO2. The molecule has 0 aliphatic carbocycles. The first-order chi connectivity index (χ1) is 6.88. The fourth-order valence-corrected chi connectivity index (χ4v) is 2.05. The van der Waals surface area contributed by atoms with E-state index in [1.165, 1.54) is 12.8 Å². The molecule has 1 fully saturated rings. The zero-order chi connectivity index (χ0) is 10.2. The molecule has 1 aliphatic rings. The van der Waals surface area contributed by atoms with Crippen LogP contribution in [0.3, 0.4) is 0 Å². The van der Waals surface area contributed by atoms with Crippen LogP contribution < -0.4 is 0 Å². The summed E-state index contributed by atoms with van der Waals surface area (Å²) >= 11 is 0. The zero-order valence-electron chi connectivity index (χ0n) is 8.82. The lowest BCUT2D eigenvalue weighted by atomic mass is 10.0. The molecule has 0 saturated carbocycles. The zero-order valence-corrected chi connectivity index (χ0v) is 8.82. The van der Waals surface area contributed by atoms with Crippen LogP contribution in [0.15, 0.2) is 0 Å². The summed E-state index contributed by atoms with van der Waals surface area (Å²) in [7, 11) is 0. The van der Waals surface area contributed by atoms with Gasteiger partial charge in [-0.15, -0.1) is 0 Å². The van der Waals surface area contributed by atoms with Gasteiger partial charge in [-0.05, 0) is 45.2 Å². The van der Waals surface area contributed by atoms with Crippen LogP contribution in [0.4, 0.5) is 0 Å². The lowest BCUT2D eigenvalue weighted by Gasteiger charge is -2.32. The van der Waals surface area contributed by atoms with E-state index in [1.807, 2.05) is 0 Å². The van der Waals surface area contributed by atoms with E-state index in [0.717, 1.165) is 45.1 Å². The van der Waals surface area contributed by atoms with Gasteiger partial charge in [0, 0.05) is 6.61 Å². The van der Waals surface area contributed by atoms with Crippen LogP contribution in [0, 0.1) is 0 Å². The van der Waals surface area contributed by atoms with Crippen molar-refractivity contribution in [3.8, 4) is 0 Å². The molecule has 1 unspecified atom stereocenters. The molecule has 1 aliphatic heterocycles. The standard InChI is InChI=1S/C11H21NO2/c13-9-5-1-3-7-12-8-4-2-6-11(12)10-14/h10-11,13H,1-9H2. The third-order valence-corrected chi connectivity index (χ3v) is 2.92. The Morgan fingerprint density at radius 2 is 2.14 bits per heavy atom. The third-order valence-electron chi connectivity index (χ3n) is 2.92. The number of aldehydes is 1. The Morgan fingerprint density at radius 3 is 2.86 bits per heavy atom. The quantitative estimate of drug-likeness (QED) is 0.516. The summed E-state index contributed by atoms with van der Waals surface area (Å²) in [6.45, 7) is 2.38. The van der Waals surface area contributed by atoms with Gasteiger partial charge in [-0.2, -0.15) is 0 Å². The number of carbonyl (C=O) groups is 1.